The normalized spacial score (nSPS) is 18.4. The Morgan fingerprint density at radius 2 is 1.77 bits per heavy atom. The number of benzene rings is 1. The monoisotopic (exact) mass is 431 g/mol. The van der Waals surface area contributed by atoms with Crippen LogP contribution in [0.2, 0.25) is 0 Å². The number of aryl methyl sites for hydroxylation is 1. The fraction of sp³-hybridized carbons (Fsp3) is 0.182. The van der Waals surface area contributed by atoms with Crippen LogP contribution in [0.1, 0.15) is 34.7 Å². The van der Waals surface area contributed by atoms with Crippen LogP contribution in [0.4, 0.5) is 5.69 Å². The van der Waals surface area contributed by atoms with Crippen LogP contribution < -0.4 is 10.2 Å². The third-order valence-electron chi connectivity index (χ3n) is 5.62. The number of aromatic nitrogens is 5. The second kappa shape index (κ2) is 7.51. The zero-order valence-corrected chi connectivity index (χ0v) is 17.9. The molecule has 1 aromatic carbocycles. The molecule has 0 saturated carbocycles. The number of pyridine rings is 1. The summed E-state index contributed by atoms with van der Waals surface area (Å²) in [4.78, 5) is 6.69. The van der Waals surface area contributed by atoms with Gasteiger partial charge in [-0.1, -0.05) is 6.07 Å². The SMILES string of the molecule is Cc1cc([C@@H]2[C@H](c3ccccn3)NC(=S)N2c2ccc(O)cc2)c(C)n1-n1cnnc1. The van der Waals surface area contributed by atoms with Gasteiger partial charge in [0.15, 0.2) is 5.11 Å². The van der Waals surface area contributed by atoms with Crippen molar-refractivity contribution in [3.63, 3.8) is 0 Å². The van der Waals surface area contributed by atoms with Gasteiger partial charge in [0.05, 0.1) is 17.8 Å². The summed E-state index contributed by atoms with van der Waals surface area (Å²) in [7, 11) is 0. The van der Waals surface area contributed by atoms with Gasteiger partial charge in [0.25, 0.3) is 0 Å². The Bertz CT molecular complexity index is 1220. The Kier molecular flexibility index (Phi) is 4.67. The van der Waals surface area contributed by atoms with Gasteiger partial charge in [-0.15, -0.1) is 10.2 Å². The highest BCUT2D eigenvalue weighted by molar-refractivity contribution is 7.80. The van der Waals surface area contributed by atoms with Gasteiger partial charge < -0.3 is 15.3 Å². The summed E-state index contributed by atoms with van der Waals surface area (Å²) >= 11 is 5.76. The van der Waals surface area contributed by atoms with Crippen molar-refractivity contribution in [2.45, 2.75) is 25.9 Å². The average molecular weight is 432 g/mol. The second-order valence-electron chi connectivity index (χ2n) is 7.49. The van der Waals surface area contributed by atoms with Gasteiger partial charge in [0, 0.05) is 28.8 Å². The Morgan fingerprint density at radius 1 is 1.03 bits per heavy atom. The third kappa shape index (κ3) is 3.23. The minimum absolute atomic E-state index is 0.136. The number of phenolic OH excluding ortho intramolecular Hbond substituents is 1. The molecule has 0 unspecified atom stereocenters. The number of hydrogen-bond donors (Lipinski definition) is 2. The Labute approximate surface area is 184 Å². The molecule has 4 heterocycles. The number of aromatic hydroxyl groups is 1. The van der Waals surface area contributed by atoms with Crippen molar-refractivity contribution in [1.29, 1.82) is 0 Å². The Balaban J connectivity index is 1.68. The molecule has 0 aliphatic carbocycles. The molecule has 156 valence electrons. The van der Waals surface area contributed by atoms with Crippen molar-refractivity contribution in [3.8, 4) is 5.75 Å². The van der Waals surface area contributed by atoms with E-state index >= 15 is 0 Å². The summed E-state index contributed by atoms with van der Waals surface area (Å²) in [5.74, 6) is 0.213. The number of nitrogens with zero attached hydrogens (tertiary/aromatic N) is 6. The van der Waals surface area contributed by atoms with E-state index < -0.39 is 0 Å². The number of thiocarbonyl (C=S) groups is 1. The molecule has 0 spiro atoms. The number of nitrogens with one attached hydrogen (secondary N) is 1. The zero-order valence-electron chi connectivity index (χ0n) is 17.0. The number of anilines is 1. The van der Waals surface area contributed by atoms with E-state index in [1.165, 1.54) is 0 Å². The van der Waals surface area contributed by atoms with Crippen molar-refractivity contribution in [2.24, 2.45) is 0 Å². The van der Waals surface area contributed by atoms with E-state index in [-0.39, 0.29) is 17.8 Å². The molecule has 5 rings (SSSR count). The first kappa shape index (κ1) is 19.3. The van der Waals surface area contributed by atoms with Gasteiger partial charge >= 0.3 is 0 Å². The molecule has 0 bridgehead atoms. The van der Waals surface area contributed by atoms with Gasteiger partial charge in [-0.25, -0.2) is 4.68 Å². The van der Waals surface area contributed by atoms with Crippen LogP contribution in [0, 0.1) is 13.8 Å². The van der Waals surface area contributed by atoms with Crippen molar-refractivity contribution in [2.75, 3.05) is 4.90 Å². The van der Waals surface area contributed by atoms with Crippen LogP contribution in [-0.4, -0.2) is 34.8 Å². The maximum absolute atomic E-state index is 9.77. The van der Waals surface area contributed by atoms with Crippen LogP contribution in [0.15, 0.2) is 67.4 Å². The van der Waals surface area contributed by atoms with Gasteiger partial charge in [-0.3, -0.25) is 9.66 Å². The molecule has 8 nitrogen and oxygen atoms in total. The predicted octanol–water partition coefficient (Wildman–Crippen LogP) is 3.29. The lowest BCUT2D eigenvalue weighted by atomic mass is 9.96. The van der Waals surface area contributed by atoms with Gasteiger partial charge in [-0.05, 0) is 68.5 Å². The standard InChI is InChI=1S/C22H21N7OS/c1-14-11-18(15(2)29(14)27-12-24-25-13-27)21-20(19-5-3-4-10-23-19)26-22(31)28(21)16-6-8-17(30)9-7-16/h3-13,20-21,30H,1-2H3,(H,26,31)/t20-,21+/m0/s1. The van der Waals surface area contributed by atoms with Crippen LogP contribution >= 0.6 is 12.2 Å². The fourth-order valence-corrected chi connectivity index (χ4v) is 4.64. The van der Waals surface area contributed by atoms with E-state index in [1.54, 1.807) is 31.0 Å². The lowest BCUT2D eigenvalue weighted by Gasteiger charge is -2.28. The Hall–Kier alpha value is -3.72. The highest BCUT2D eigenvalue weighted by Crippen LogP contribution is 2.43. The first-order valence-electron chi connectivity index (χ1n) is 9.88. The maximum Gasteiger partial charge on any atom is 0.174 e. The van der Waals surface area contributed by atoms with Crippen LogP contribution in [-0.2, 0) is 0 Å². The summed E-state index contributed by atoms with van der Waals surface area (Å²) in [6.07, 6.45) is 5.14. The predicted molar refractivity (Wildman–Crippen MR) is 121 cm³/mol. The maximum atomic E-state index is 9.77. The van der Waals surface area contributed by atoms with Crippen LogP contribution in [0.25, 0.3) is 0 Å². The molecule has 1 aliphatic rings. The van der Waals surface area contributed by atoms with E-state index in [0.29, 0.717) is 5.11 Å². The summed E-state index contributed by atoms with van der Waals surface area (Å²) in [6, 6.07) is 14.9. The smallest absolute Gasteiger partial charge is 0.174 e. The van der Waals surface area contributed by atoms with Crippen molar-refractivity contribution in [1.82, 2.24) is 29.9 Å². The summed E-state index contributed by atoms with van der Waals surface area (Å²) in [5, 5.41) is 21.7. The molecule has 4 aromatic rings. The molecule has 9 heteroatoms. The van der Waals surface area contributed by atoms with E-state index in [1.807, 2.05) is 35.0 Å². The highest BCUT2D eigenvalue weighted by atomic mass is 32.1. The fourth-order valence-electron chi connectivity index (χ4n) is 4.29. The van der Waals surface area contributed by atoms with Crippen molar-refractivity contribution < 1.29 is 5.11 Å². The van der Waals surface area contributed by atoms with Gasteiger partial charge in [0.2, 0.25) is 0 Å². The first-order valence-corrected chi connectivity index (χ1v) is 10.3. The largest absolute Gasteiger partial charge is 0.508 e. The average Bonchev–Trinajstić information content (AvgIpc) is 3.47. The highest BCUT2D eigenvalue weighted by Gasteiger charge is 2.42. The van der Waals surface area contributed by atoms with Crippen molar-refractivity contribution in [3.05, 3.63) is 90.0 Å². The van der Waals surface area contributed by atoms with E-state index in [2.05, 4.69) is 50.0 Å². The zero-order chi connectivity index (χ0) is 21.5. The topological polar surface area (TPSA) is 84.0 Å². The summed E-state index contributed by atoms with van der Waals surface area (Å²) < 4.78 is 3.93. The van der Waals surface area contributed by atoms with E-state index in [9.17, 15) is 5.11 Å². The second-order valence-corrected chi connectivity index (χ2v) is 7.88. The first-order chi connectivity index (χ1) is 15.0. The molecule has 31 heavy (non-hydrogen) atoms. The van der Waals surface area contributed by atoms with Crippen molar-refractivity contribution >= 4 is 23.0 Å². The number of rotatable bonds is 4. The Morgan fingerprint density at radius 3 is 2.45 bits per heavy atom. The van der Waals surface area contributed by atoms with E-state index in [4.69, 9.17) is 12.2 Å². The van der Waals surface area contributed by atoms with Gasteiger partial charge in [-0.2, -0.15) is 0 Å². The quantitative estimate of drug-likeness (QED) is 0.480. The molecule has 1 aliphatic heterocycles. The summed E-state index contributed by atoms with van der Waals surface area (Å²) in [5.41, 5.74) is 5.02. The minimum atomic E-state index is -0.141. The molecular formula is C22H21N7OS. The lowest BCUT2D eigenvalue weighted by Crippen LogP contribution is -2.29. The summed E-state index contributed by atoms with van der Waals surface area (Å²) in [6.45, 7) is 4.13. The number of hydrogen-bond acceptors (Lipinski definition) is 5. The minimum Gasteiger partial charge on any atom is -0.508 e. The lowest BCUT2D eigenvalue weighted by molar-refractivity contribution is 0.475. The molecule has 1 saturated heterocycles. The van der Waals surface area contributed by atoms with Crippen LogP contribution in [0.5, 0.6) is 5.75 Å². The molecule has 0 amide bonds. The molecule has 2 atom stereocenters. The molecular weight excluding hydrogens is 410 g/mol. The molecule has 0 radical (unpaired) electrons. The molecule has 1 fully saturated rings. The molecule has 3 aromatic heterocycles. The van der Waals surface area contributed by atoms with Crippen LogP contribution in [0.3, 0.4) is 0 Å². The number of phenols is 1. The molecule has 2 N–H and O–H groups in total. The third-order valence-corrected chi connectivity index (χ3v) is 5.93. The van der Waals surface area contributed by atoms with Gasteiger partial charge in [0.1, 0.15) is 18.4 Å². The van der Waals surface area contributed by atoms with E-state index in [0.717, 1.165) is 28.3 Å².